The van der Waals surface area contributed by atoms with E-state index < -0.39 is 18.0 Å². The van der Waals surface area contributed by atoms with E-state index >= 15 is 0 Å². The first-order valence-corrected chi connectivity index (χ1v) is 7.21. The molecule has 1 atom stereocenters. The van der Waals surface area contributed by atoms with E-state index in [0.29, 0.717) is 22.9 Å². The number of anilines is 1. The van der Waals surface area contributed by atoms with Gasteiger partial charge in [0.05, 0.1) is 12.8 Å². The second-order valence-corrected chi connectivity index (χ2v) is 4.94. The predicted molar refractivity (Wildman–Crippen MR) is 88.8 cm³/mol. The molecule has 2 aromatic carbocycles. The van der Waals surface area contributed by atoms with E-state index in [4.69, 9.17) is 14.6 Å². The molecule has 0 radical (unpaired) electrons. The number of carbonyl (C=O) groups is 2. The highest BCUT2D eigenvalue weighted by atomic mass is 16.5. The first-order valence-electron chi connectivity index (χ1n) is 7.21. The molecule has 2 rings (SSSR count). The first-order chi connectivity index (χ1) is 11.5. The van der Waals surface area contributed by atoms with Crippen LogP contribution in [0, 0.1) is 0 Å². The monoisotopic (exact) mass is 330 g/mol. The second-order valence-electron chi connectivity index (χ2n) is 4.94. The number of benzene rings is 2. The lowest BCUT2D eigenvalue weighted by atomic mass is 10.2. The van der Waals surface area contributed by atoms with Gasteiger partial charge in [0, 0.05) is 6.07 Å². The minimum Gasteiger partial charge on any atom is -0.497 e. The fraction of sp³-hybridized carbons (Fsp3) is 0.176. The zero-order chi connectivity index (χ0) is 17.5. The molecule has 0 aliphatic heterocycles. The number of carbonyl (C=O) groups excluding carboxylic acids is 1. The van der Waals surface area contributed by atoms with Crippen LogP contribution in [0.15, 0.2) is 48.5 Å². The maximum Gasteiger partial charge on any atom is 0.405 e. The Morgan fingerprint density at radius 1 is 1.08 bits per heavy atom. The van der Waals surface area contributed by atoms with Gasteiger partial charge in [0.25, 0.3) is 0 Å². The van der Waals surface area contributed by atoms with Gasteiger partial charge in [-0.25, -0.2) is 4.79 Å². The van der Waals surface area contributed by atoms with Gasteiger partial charge < -0.3 is 25.2 Å². The Morgan fingerprint density at radius 2 is 1.79 bits per heavy atom. The molecule has 0 spiro atoms. The topological polar surface area (TPSA) is 96.9 Å². The Morgan fingerprint density at radius 3 is 2.50 bits per heavy atom. The van der Waals surface area contributed by atoms with Crippen molar-refractivity contribution in [1.82, 2.24) is 5.32 Å². The number of hydrogen-bond acceptors (Lipinski definition) is 4. The highest BCUT2D eigenvalue weighted by Gasteiger charge is 2.16. The first kappa shape index (κ1) is 17.1. The maximum atomic E-state index is 12.0. The van der Waals surface area contributed by atoms with Crippen LogP contribution in [0.5, 0.6) is 17.2 Å². The average molecular weight is 330 g/mol. The number of para-hydroxylation sites is 2. The van der Waals surface area contributed by atoms with Crippen molar-refractivity contribution in [3.63, 3.8) is 0 Å². The molecule has 0 saturated heterocycles. The lowest BCUT2D eigenvalue weighted by molar-refractivity contribution is -0.117. The van der Waals surface area contributed by atoms with Gasteiger partial charge in [0.1, 0.15) is 17.5 Å². The van der Waals surface area contributed by atoms with E-state index in [1.165, 1.54) is 6.92 Å². The molecule has 24 heavy (non-hydrogen) atoms. The summed E-state index contributed by atoms with van der Waals surface area (Å²) in [4.78, 5) is 22.6. The Bertz CT molecular complexity index is 732. The molecule has 0 bridgehead atoms. The fourth-order valence-electron chi connectivity index (χ4n) is 1.94. The predicted octanol–water partition coefficient (Wildman–Crippen LogP) is 3.08. The lowest BCUT2D eigenvalue weighted by Crippen LogP contribution is -2.40. The summed E-state index contributed by atoms with van der Waals surface area (Å²) in [6.07, 6.45) is -1.27. The minimum atomic E-state index is -1.27. The summed E-state index contributed by atoms with van der Waals surface area (Å²) in [5, 5.41) is 13.4. The van der Waals surface area contributed by atoms with Crippen molar-refractivity contribution >= 4 is 17.7 Å². The number of methoxy groups -OCH3 is 1. The maximum absolute atomic E-state index is 12.0. The normalized spacial score (nSPS) is 11.2. The Balaban J connectivity index is 2.15. The van der Waals surface area contributed by atoms with Crippen molar-refractivity contribution in [3.8, 4) is 17.2 Å². The molecule has 0 aliphatic rings. The Labute approximate surface area is 139 Å². The third kappa shape index (κ3) is 4.64. The summed E-state index contributed by atoms with van der Waals surface area (Å²) in [6.45, 7) is 1.45. The minimum absolute atomic E-state index is 0.432. The molecular weight excluding hydrogens is 312 g/mol. The quantitative estimate of drug-likeness (QED) is 0.756. The molecule has 0 aliphatic carbocycles. The number of carboxylic acid groups (broad SMARTS) is 1. The zero-order valence-corrected chi connectivity index (χ0v) is 13.3. The van der Waals surface area contributed by atoms with Gasteiger partial charge in [-0.15, -0.1) is 0 Å². The molecular formula is C17H18N2O5. The van der Waals surface area contributed by atoms with E-state index in [1.54, 1.807) is 55.6 Å². The van der Waals surface area contributed by atoms with Crippen molar-refractivity contribution in [2.75, 3.05) is 12.4 Å². The van der Waals surface area contributed by atoms with Gasteiger partial charge in [0.2, 0.25) is 5.91 Å². The molecule has 3 N–H and O–H groups in total. The third-order valence-electron chi connectivity index (χ3n) is 3.15. The van der Waals surface area contributed by atoms with E-state index in [-0.39, 0.29) is 0 Å². The summed E-state index contributed by atoms with van der Waals surface area (Å²) in [5.74, 6) is 1.14. The van der Waals surface area contributed by atoms with Gasteiger partial charge in [-0.05, 0) is 31.2 Å². The Kier molecular flexibility index (Phi) is 5.62. The second kappa shape index (κ2) is 7.87. The van der Waals surface area contributed by atoms with Gasteiger partial charge >= 0.3 is 6.09 Å². The van der Waals surface area contributed by atoms with Crippen molar-refractivity contribution in [1.29, 1.82) is 0 Å². The number of ether oxygens (including phenoxy) is 2. The molecule has 1 unspecified atom stereocenters. The van der Waals surface area contributed by atoms with Gasteiger partial charge in [-0.3, -0.25) is 4.79 Å². The molecule has 2 amide bonds. The van der Waals surface area contributed by atoms with Crippen molar-refractivity contribution in [3.05, 3.63) is 48.5 Å². The standard InChI is InChI=1S/C17H18N2O5/c1-11(18-17(21)22)16(20)19-14-8-3-4-9-15(14)24-13-7-5-6-12(10-13)23-2/h3-11,18H,1-2H3,(H,19,20)(H,21,22). The molecule has 0 aromatic heterocycles. The number of rotatable bonds is 6. The van der Waals surface area contributed by atoms with Crippen LogP contribution in [-0.2, 0) is 4.79 Å². The molecule has 2 aromatic rings. The summed E-state index contributed by atoms with van der Waals surface area (Å²) >= 11 is 0. The van der Waals surface area contributed by atoms with Crippen LogP contribution in [-0.4, -0.2) is 30.3 Å². The summed E-state index contributed by atoms with van der Waals surface area (Å²) in [5.41, 5.74) is 0.435. The number of amides is 2. The van der Waals surface area contributed by atoms with Gasteiger partial charge in [-0.2, -0.15) is 0 Å². The molecule has 0 fully saturated rings. The van der Waals surface area contributed by atoms with Gasteiger partial charge in [0.15, 0.2) is 5.75 Å². The summed E-state index contributed by atoms with van der Waals surface area (Å²) in [7, 11) is 1.56. The van der Waals surface area contributed by atoms with Crippen molar-refractivity contribution in [2.45, 2.75) is 13.0 Å². The highest BCUT2D eigenvalue weighted by molar-refractivity contribution is 5.97. The van der Waals surface area contributed by atoms with Crippen molar-refractivity contribution < 1.29 is 24.2 Å². The lowest BCUT2D eigenvalue weighted by Gasteiger charge is -2.15. The smallest absolute Gasteiger partial charge is 0.405 e. The van der Waals surface area contributed by atoms with Crippen LogP contribution < -0.4 is 20.1 Å². The highest BCUT2D eigenvalue weighted by Crippen LogP contribution is 2.30. The van der Waals surface area contributed by atoms with E-state index in [0.717, 1.165) is 0 Å². The van der Waals surface area contributed by atoms with Crippen LogP contribution in [0.4, 0.5) is 10.5 Å². The summed E-state index contributed by atoms with van der Waals surface area (Å²) < 4.78 is 10.9. The Hall–Kier alpha value is -3.22. The van der Waals surface area contributed by atoms with Crippen LogP contribution >= 0.6 is 0 Å². The fourth-order valence-corrected chi connectivity index (χ4v) is 1.94. The van der Waals surface area contributed by atoms with E-state index in [9.17, 15) is 9.59 Å². The van der Waals surface area contributed by atoms with Crippen LogP contribution in [0.1, 0.15) is 6.92 Å². The molecule has 0 heterocycles. The molecule has 7 nitrogen and oxygen atoms in total. The third-order valence-corrected chi connectivity index (χ3v) is 3.15. The average Bonchev–Trinajstić information content (AvgIpc) is 2.56. The van der Waals surface area contributed by atoms with Crippen LogP contribution in [0.3, 0.4) is 0 Å². The summed E-state index contributed by atoms with van der Waals surface area (Å²) in [6, 6.07) is 13.0. The van der Waals surface area contributed by atoms with E-state index in [2.05, 4.69) is 10.6 Å². The van der Waals surface area contributed by atoms with Crippen LogP contribution in [0.2, 0.25) is 0 Å². The van der Waals surface area contributed by atoms with Crippen LogP contribution in [0.25, 0.3) is 0 Å². The molecule has 0 saturated carbocycles. The zero-order valence-electron chi connectivity index (χ0n) is 13.3. The van der Waals surface area contributed by atoms with Gasteiger partial charge in [-0.1, -0.05) is 18.2 Å². The molecule has 7 heteroatoms. The van der Waals surface area contributed by atoms with Crippen molar-refractivity contribution in [2.24, 2.45) is 0 Å². The SMILES string of the molecule is COc1cccc(Oc2ccccc2NC(=O)C(C)NC(=O)O)c1. The number of hydrogen-bond donors (Lipinski definition) is 3. The molecule has 126 valence electrons. The largest absolute Gasteiger partial charge is 0.497 e. The van der Waals surface area contributed by atoms with E-state index in [1.807, 2.05) is 0 Å². The number of nitrogens with one attached hydrogen (secondary N) is 2.